The quantitative estimate of drug-likeness (QED) is 0.824. The maximum Gasteiger partial charge on any atom is 0.244 e. The van der Waals surface area contributed by atoms with E-state index >= 15 is 0 Å². The molecule has 1 saturated heterocycles. The molecule has 4 heteroatoms. The van der Waals surface area contributed by atoms with Gasteiger partial charge in [-0.15, -0.1) is 0 Å². The Morgan fingerprint density at radius 1 is 1.21 bits per heavy atom. The highest BCUT2D eigenvalue weighted by Crippen LogP contribution is 2.19. The first-order valence-corrected chi connectivity index (χ1v) is 8.06. The van der Waals surface area contributed by atoms with Gasteiger partial charge in [0.05, 0.1) is 0 Å². The van der Waals surface area contributed by atoms with Crippen LogP contribution in [-0.2, 0) is 4.79 Å². The van der Waals surface area contributed by atoms with Crippen LogP contribution in [0, 0.1) is 3.57 Å². The van der Waals surface area contributed by atoms with Crippen molar-refractivity contribution in [3.05, 3.63) is 27.8 Å². The number of hydrogen-bond acceptors (Lipinski definition) is 2. The predicted molar refractivity (Wildman–Crippen MR) is 87.3 cm³/mol. The fraction of sp³-hybridized carbons (Fsp3) is 0.533. The van der Waals surface area contributed by atoms with Gasteiger partial charge < -0.3 is 10.2 Å². The fourth-order valence-electron chi connectivity index (χ4n) is 2.44. The van der Waals surface area contributed by atoms with Crippen LogP contribution in [0.25, 0.3) is 0 Å². The lowest BCUT2D eigenvalue weighted by atomic mass is 10.2. The van der Waals surface area contributed by atoms with Gasteiger partial charge in [0.2, 0.25) is 5.91 Å². The van der Waals surface area contributed by atoms with E-state index < -0.39 is 0 Å². The summed E-state index contributed by atoms with van der Waals surface area (Å²) in [7, 11) is 0. The lowest BCUT2D eigenvalue weighted by Gasteiger charge is -2.25. The summed E-state index contributed by atoms with van der Waals surface area (Å²) in [6.07, 6.45) is 4.78. The molecule has 1 N–H and O–H groups in total. The van der Waals surface area contributed by atoms with E-state index in [0.717, 1.165) is 35.2 Å². The van der Waals surface area contributed by atoms with Crippen LogP contribution in [0.15, 0.2) is 24.3 Å². The average molecular weight is 372 g/mol. The molecule has 1 amide bonds. The van der Waals surface area contributed by atoms with Crippen LogP contribution < -0.4 is 5.32 Å². The van der Waals surface area contributed by atoms with Crippen LogP contribution >= 0.6 is 22.6 Å². The Balaban J connectivity index is 1.97. The highest BCUT2D eigenvalue weighted by Gasteiger charge is 2.21. The molecule has 1 atom stereocenters. The monoisotopic (exact) mass is 372 g/mol. The first kappa shape index (κ1) is 14.6. The van der Waals surface area contributed by atoms with Gasteiger partial charge in [-0.05, 0) is 54.5 Å². The standard InChI is InChI=1S/C15H21IN2O/c1-12(17-14-9-5-4-8-13(14)16)15(19)18-10-6-2-3-7-11-18/h4-5,8-9,12,17H,2-3,6-7,10-11H2,1H3. The van der Waals surface area contributed by atoms with E-state index in [2.05, 4.69) is 27.9 Å². The van der Waals surface area contributed by atoms with Crippen LogP contribution in [0.2, 0.25) is 0 Å². The fourth-order valence-corrected chi connectivity index (χ4v) is 2.98. The number of anilines is 1. The van der Waals surface area contributed by atoms with E-state index in [4.69, 9.17) is 0 Å². The molecule has 1 aromatic rings. The lowest BCUT2D eigenvalue weighted by molar-refractivity contribution is -0.131. The zero-order chi connectivity index (χ0) is 13.7. The maximum absolute atomic E-state index is 12.4. The second-order valence-electron chi connectivity index (χ2n) is 5.09. The van der Waals surface area contributed by atoms with Gasteiger partial charge in [-0.25, -0.2) is 0 Å². The number of benzene rings is 1. The minimum absolute atomic E-state index is 0.158. The molecule has 1 fully saturated rings. The first-order chi connectivity index (χ1) is 9.18. The predicted octanol–water partition coefficient (Wildman–Crippen LogP) is 3.49. The molecule has 1 aliphatic rings. The summed E-state index contributed by atoms with van der Waals surface area (Å²) in [4.78, 5) is 14.4. The van der Waals surface area contributed by atoms with Crippen molar-refractivity contribution in [2.24, 2.45) is 0 Å². The Hall–Kier alpha value is -0.780. The first-order valence-electron chi connectivity index (χ1n) is 6.98. The second kappa shape index (κ2) is 7.12. The molecular formula is C15H21IN2O. The summed E-state index contributed by atoms with van der Waals surface area (Å²) in [6.45, 7) is 3.78. The number of rotatable bonds is 3. The van der Waals surface area contributed by atoms with Gasteiger partial charge in [-0.2, -0.15) is 0 Å². The van der Waals surface area contributed by atoms with Crippen molar-refractivity contribution in [3.63, 3.8) is 0 Å². The number of halogens is 1. The molecule has 3 nitrogen and oxygen atoms in total. The zero-order valence-electron chi connectivity index (χ0n) is 11.4. The lowest BCUT2D eigenvalue weighted by Crippen LogP contribution is -2.41. The molecule has 19 heavy (non-hydrogen) atoms. The summed E-state index contributed by atoms with van der Waals surface area (Å²) >= 11 is 2.29. The molecule has 1 aliphatic heterocycles. The van der Waals surface area contributed by atoms with E-state index in [9.17, 15) is 4.79 Å². The number of likely N-dealkylation sites (tertiary alicyclic amines) is 1. The van der Waals surface area contributed by atoms with Crippen LogP contribution in [0.4, 0.5) is 5.69 Å². The molecule has 0 spiro atoms. The third-order valence-electron chi connectivity index (χ3n) is 3.53. The average Bonchev–Trinajstić information content (AvgIpc) is 2.69. The Morgan fingerprint density at radius 2 is 1.84 bits per heavy atom. The Labute approximate surface area is 128 Å². The third-order valence-corrected chi connectivity index (χ3v) is 4.47. The van der Waals surface area contributed by atoms with Gasteiger partial charge >= 0.3 is 0 Å². The number of hydrogen-bond donors (Lipinski definition) is 1. The van der Waals surface area contributed by atoms with Crippen LogP contribution in [0.1, 0.15) is 32.6 Å². The highest BCUT2D eigenvalue weighted by atomic mass is 127. The van der Waals surface area contributed by atoms with Gasteiger partial charge in [-0.1, -0.05) is 25.0 Å². The zero-order valence-corrected chi connectivity index (χ0v) is 13.5. The minimum Gasteiger partial charge on any atom is -0.373 e. The molecule has 0 aliphatic carbocycles. The van der Waals surface area contributed by atoms with Crippen molar-refractivity contribution in [2.75, 3.05) is 18.4 Å². The van der Waals surface area contributed by atoms with Crippen LogP contribution in [-0.4, -0.2) is 29.9 Å². The third kappa shape index (κ3) is 4.09. The van der Waals surface area contributed by atoms with Gasteiger partial charge in [0.15, 0.2) is 0 Å². The highest BCUT2D eigenvalue weighted by molar-refractivity contribution is 14.1. The molecule has 2 rings (SSSR count). The van der Waals surface area contributed by atoms with E-state index in [-0.39, 0.29) is 11.9 Å². The molecular weight excluding hydrogens is 351 g/mol. The van der Waals surface area contributed by atoms with E-state index in [0.29, 0.717) is 0 Å². The smallest absolute Gasteiger partial charge is 0.244 e. The summed E-state index contributed by atoms with van der Waals surface area (Å²) in [6, 6.07) is 7.91. The summed E-state index contributed by atoms with van der Waals surface area (Å²) in [5.41, 5.74) is 1.04. The summed E-state index contributed by atoms with van der Waals surface area (Å²) < 4.78 is 1.15. The molecule has 1 aromatic carbocycles. The topological polar surface area (TPSA) is 32.3 Å². The van der Waals surface area contributed by atoms with Gasteiger partial charge in [0, 0.05) is 22.3 Å². The van der Waals surface area contributed by atoms with E-state index in [1.165, 1.54) is 12.8 Å². The van der Waals surface area contributed by atoms with Gasteiger partial charge in [0.25, 0.3) is 0 Å². The van der Waals surface area contributed by atoms with E-state index in [1.807, 2.05) is 36.1 Å². The van der Waals surface area contributed by atoms with Crippen molar-refractivity contribution in [1.82, 2.24) is 4.90 Å². The second-order valence-corrected chi connectivity index (χ2v) is 6.25. The van der Waals surface area contributed by atoms with Crippen molar-refractivity contribution in [1.29, 1.82) is 0 Å². The molecule has 1 heterocycles. The summed E-state index contributed by atoms with van der Waals surface area (Å²) in [5.74, 6) is 0.224. The molecule has 1 unspecified atom stereocenters. The van der Waals surface area contributed by atoms with Crippen molar-refractivity contribution in [3.8, 4) is 0 Å². The number of carbonyl (C=O) groups is 1. The summed E-state index contributed by atoms with van der Waals surface area (Å²) in [5, 5.41) is 3.33. The van der Waals surface area contributed by atoms with Gasteiger partial charge in [-0.3, -0.25) is 4.79 Å². The van der Waals surface area contributed by atoms with Crippen LogP contribution in [0.3, 0.4) is 0 Å². The minimum atomic E-state index is -0.158. The molecule has 0 bridgehead atoms. The molecule has 0 saturated carbocycles. The molecule has 0 radical (unpaired) electrons. The number of nitrogens with zero attached hydrogens (tertiary/aromatic N) is 1. The Bertz CT molecular complexity index is 428. The molecule has 104 valence electrons. The SMILES string of the molecule is CC(Nc1ccccc1I)C(=O)N1CCCCCC1. The Morgan fingerprint density at radius 3 is 2.47 bits per heavy atom. The largest absolute Gasteiger partial charge is 0.373 e. The number of amides is 1. The van der Waals surface area contributed by atoms with E-state index in [1.54, 1.807) is 0 Å². The molecule has 0 aromatic heterocycles. The number of nitrogens with one attached hydrogen (secondary N) is 1. The number of carbonyl (C=O) groups excluding carboxylic acids is 1. The van der Waals surface area contributed by atoms with Crippen LogP contribution in [0.5, 0.6) is 0 Å². The number of para-hydroxylation sites is 1. The van der Waals surface area contributed by atoms with Gasteiger partial charge in [0.1, 0.15) is 6.04 Å². The maximum atomic E-state index is 12.4. The van der Waals surface area contributed by atoms with Crippen molar-refractivity contribution >= 4 is 34.2 Å². The Kier molecular flexibility index (Phi) is 5.48. The van der Waals surface area contributed by atoms with Crippen molar-refractivity contribution < 1.29 is 4.79 Å². The normalized spacial score (nSPS) is 17.7. The van der Waals surface area contributed by atoms with Crippen molar-refractivity contribution in [2.45, 2.75) is 38.6 Å².